The number of aromatic nitrogens is 2. The lowest BCUT2D eigenvalue weighted by Gasteiger charge is -2.16. The summed E-state index contributed by atoms with van der Waals surface area (Å²) >= 11 is 3.55. The van der Waals surface area contributed by atoms with Crippen molar-refractivity contribution in [2.45, 2.75) is 19.3 Å². The number of hydrogen-bond acceptors (Lipinski definition) is 2. The minimum Gasteiger partial charge on any atom is -0.330 e. The topological polar surface area (TPSA) is 43.8 Å². The van der Waals surface area contributed by atoms with E-state index >= 15 is 0 Å². The molecule has 0 aliphatic carbocycles. The molecule has 1 aromatic carbocycles. The molecule has 0 aliphatic heterocycles. The van der Waals surface area contributed by atoms with Crippen LogP contribution in [0.5, 0.6) is 0 Å². The Kier molecular flexibility index (Phi) is 4.37. The summed E-state index contributed by atoms with van der Waals surface area (Å²) < 4.78 is 16.2. The predicted octanol–water partition coefficient (Wildman–Crippen LogP) is 2.92. The zero-order valence-electron chi connectivity index (χ0n) is 11.0. The number of benzene rings is 1. The van der Waals surface area contributed by atoms with Gasteiger partial charge in [-0.3, -0.25) is 4.68 Å². The highest BCUT2D eigenvalue weighted by Gasteiger charge is 2.17. The summed E-state index contributed by atoms with van der Waals surface area (Å²) in [5.41, 5.74) is 8.80. The van der Waals surface area contributed by atoms with Gasteiger partial charge in [0.05, 0.1) is 15.9 Å². The highest BCUT2D eigenvalue weighted by Crippen LogP contribution is 2.27. The highest BCUT2D eigenvalue weighted by atomic mass is 79.9. The van der Waals surface area contributed by atoms with Gasteiger partial charge in [-0.05, 0) is 53.5 Å². The number of nitrogens with two attached hydrogens (primary N) is 1. The molecule has 1 atom stereocenters. The molecule has 3 nitrogen and oxygen atoms in total. The van der Waals surface area contributed by atoms with Crippen molar-refractivity contribution in [3.63, 3.8) is 0 Å². The fraction of sp³-hybridized carbons (Fsp3) is 0.357. The quantitative estimate of drug-likeness (QED) is 0.939. The maximum absolute atomic E-state index is 13.3. The maximum atomic E-state index is 13.3. The lowest BCUT2D eigenvalue weighted by molar-refractivity contribution is 0.605. The second-order valence-electron chi connectivity index (χ2n) is 4.66. The van der Waals surface area contributed by atoms with Crippen LogP contribution < -0.4 is 5.73 Å². The van der Waals surface area contributed by atoms with Gasteiger partial charge < -0.3 is 5.73 Å². The van der Waals surface area contributed by atoms with Crippen molar-refractivity contribution in [2.75, 3.05) is 6.54 Å². The molecule has 0 spiro atoms. The van der Waals surface area contributed by atoms with E-state index in [0.717, 1.165) is 27.8 Å². The standard InChI is InChI=1S/C14H17BrFN3/c1-9-14(15)13(19(2)18-9)7-11(8-17)10-4-3-5-12(16)6-10/h3-6,11H,7-8,17H2,1-2H3. The van der Waals surface area contributed by atoms with Gasteiger partial charge in [0, 0.05) is 13.0 Å². The van der Waals surface area contributed by atoms with Crippen LogP contribution in [0, 0.1) is 12.7 Å². The van der Waals surface area contributed by atoms with Crippen molar-refractivity contribution < 1.29 is 4.39 Å². The zero-order valence-corrected chi connectivity index (χ0v) is 12.6. The van der Waals surface area contributed by atoms with Gasteiger partial charge in [-0.2, -0.15) is 5.10 Å². The molecule has 0 bridgehead atoms. The van der Waals surface area contributed by atoms with Gasteiger partial charge in [0.25, 0.3) is 0 Å². The smallest absolute Gasteiger partial charge is 0.123 e. The summed E-state index contributed by atoms with van der Waals surface area (Å²) in [5, 5.41) is 4.36. The van der Waals surface area contributed by atoms with Gasteiger partial charge in [0.1, 0.15) is 5.82 Å². The number of halogens is 2. The Bertz CT molecular complexity index is 580. The Hall–Kier alpha value is -1.20. The first kappa shape index (κ1) is 14.2. The van der Waals surface area contributed by atoms with Crippen molar-refractivity contribution >= 4 is 15.9 Å². The first-order valence-corrected chi connectivity index (χ1v) is 6.95. The zero-order chi connectivity index (χ0) is 14.0. The molecule has 0 aliphatic rings. The van der Waals surface area contributed by atoms with E-state index in [1.807, 2.05) is 24.7 Å². The third kappa shape index (κ3) is 3.04. The number of rotatable bonds is 4. The molecule has 2 N–H and O–H groups in total. The van der Waals surface area contributed by atoms with Gasteiger partial charge in [-0.15, -0.1) is 0 Å². The third-order valence-corrected chi connectivity index (χ3v) is 4.34. The first-order chi connectivity index (χ1) is 9.02. The second-order valence-corrected chi connectivity index (χ2v) is 5.45. The third-order valence-electron chi connectivity index (χ3n) is 3.31. The van der Waals surface area contributed by atoms with Crippen LogP contribution >= 0.6 is 15.9 Å². The van der Waals surface area contributed by atoms with E-state index in [-0.39, 0.29) is 11.7 Å². The van der Waals surface area contributed by atoms with E-state index in [9.17, 15) is 4.39 Å². The van der Waals surface area contributed by atoms with E-state index in [1.54, 1.807) is 12.1 Å². The minimum atomic E-state index is -0.226. The summed E-state index contributed by atoms with van der Waals surface area (Å²) in [6, 6.07) is 6.63. The van der Waals surface area contributed by atoms with Crippen LogP contribution in [0.4, 0.5) is 4.39 Å². The number of aryl methyl sites for hydroxylation is 2. The monoisotopic (exact) mass is 325 g/mol. The van der Waals surface area contributed by atoms with Crippen LogP contribution in [0.3, 0.4) is 0 Å². The van der Waals surface area contributed by atoms with E-state index < -0.39 is 0 Å². The van der Waals surface area contributed by atoms with Crippen LogP contribution in [-0.4, -0.2) is 16.3 Å². The van der Waals surface area contributed by atoms with Crippen LogP contribution in [0.25, 0.3) is 0 Å². The Morgan fingerprint density at radius 1 is 1.47 bits per heavy atom. The average Bonchev–Trinajstić information content (AvgIpc) is 2.61. The van der Waals surface area contributed by atoms with Gasteiger partial charge in [-0.1, -0.05) is 12.1 Å². The Morgan fingerprint density at radius 2 is 2.21 bits per heavy atom. The van der Waals surface area contributed by atoms with E-state index in [4.69, 9.17) is 5.73 Å². The molecule has 0 radical (unpaired) electrons. The average molecular weight is 326 g/mol. The van der Waals surface area contributed by atoms with E-state index in [1.165, 1.54) is 6.07 Å². The van der Waals surface area contributed by atoms with Crippen molar-refractivity contribution in [1.82, 2.24) is 9.78 Å². The molecule has 5 heteroatoms. The van der Waals surface area contributed by atoms with E-state index in [2.05, 4.69) is 21.0 Å². The molecular weight excluding hydrogens is 309 g/mol. The van der Waals surface area contributed by atoms with Gasteiger partial charge in [-0.25, -0.2) is 4.39 Å². The molecule has 0 saturated carbocycles. The van der Waals surface area contributed by atoms with Crippen molar-refractivity contribution in [2.24, 2.45) is 12.8 Å². The lowest BCUT2D eigenvalue weighted by Crippen LogP contribution is -2.17. The van der Waals surface area contributed by atoms with Gasteiger partial charge in [0.2, 0.25) is 0 Å². The molecule has 1 unspecified atom stereocenters. The summed E-state index contributed by atoms with van der Waals surface area (Å²) in [6.07, 6.45) is 0.734. The van der Waals surface area contributed by atoms with Gasteiger partial charge in [0.15, 0.2) is 0 Å². The number of hydrogen-bond donors (Lipinski definition) is 1. The van der Waals surface area contributed by atoms with Crippen LogP contribution in [0.15, 0.2) is 28.7 Å². The molecule has 102 valence electrons. The van der Waals surface area contributed by atoms with Crippen molar-refractivity contribution in [1.29, 1.82) is 0 Å². The second kappa shape index (κ2) is 5.84. The summed E-state index contributed by atoms with van der Waals surface area (Å²) in [5.74, 6) is -0.141. The minimum absolute atomic E-state index is 0.0850. The Balaban J connectivity index is 2.29. The molecule has 19 heavy (non-hydrogen) atoms. The van der Waals surface area contributed by atoms with Crippen LogP contribution in [0.1, 0.15) is 22.9 Å². The summed E-state index contributed by atoms with van der Waals surface area (Å²) in [6.45, 7) is 2.42. The highest BCUT2D eigenvalue weighted by molar-refractivity contribution is 9.10. The molecule has 2 aromatic rings. The fourth-order valence-electron chi connectivity index (χ4n) is 2.23. The van der Waals surface area contributed by atoms with Crippen LogP contribution in [-0.2, 0) is 13.5 Å². The Labute approximate surface area is 120 Å². The van der Waals surface area contributed by atoms with E-state index in [0.29, 0.717) is 6.54 Å². The molecule has 2 rings (SSSR count). The molecule has 0 saturated heterocycles. The number of nitrogens with zero attached hydrogens (tertiary/aromatic N) is 2. The van der Waals surface area contributed by atoms with Crippen molar-refractivity contribution in [3.8, 4) is 0 Å². The molecule has 1 heterocycles. The maximum Gasteiger partial charge on any atom is 0.123 e. The molecule has 0 amide bonds. The first-order valence-electron chi connectivity index (χ1n) is 6.16. The lowest BCUT2D eigenvalue weighted by atomic mass is 9.94. The fourth-order valence-corrected chi connectivity index (χ4v) is 2.73. The largest absolute Gasteiger partial charge is 0.330 e. The molecule has 1 aromatic heterocycles. The summed E-state index contributed by atoms with van der Waals surface area (Å²) in [7, 11) is 1.91. The SMILES string of the molecule is Cc1nn(C)c(CC(CN)c2cccc(F)c2)c1Br. The van der Waals surface area contributed by atoms with Crippen LogP contribution in [0.2, 0.25) is 0 Å². The molecular formula is C14H17BrFN3. The predicted molar refractivity (Wildman–Crippen MR) is 77.5 cm³/mol. The van der Waals surface area contributed by atoms with Gasteiger partial charge >= 0.3 is 0 Å². The normalized spacial score (nSPS) is 12.7. The molecule has 0 fully saturated rings. The Morgan fingerprint density at radius 3 is 2.74 bits per heavy atom. The summed E-state index contributed by atoms with van der Waals surface area (Å²) in [4.78, 5) is 0. The van der Waals surface area contributed by atoms with Crippen molar-refractivity contribution in [3.05, 3.63) is 51.5 Å².